The molecule has 2 aromatic rings. The first-order valence-electron chi connectivity index (χ1n) is 6.34. The summed E-state index contributed by atoms with van der Waals surface area (Å²) in [5.74, 6) is 2.35. The second-order valence-corrected chi connectivity index (χ2v) is 5.90. The summed E-state index contributed by atoms with van der Waals surface area (Å²) in [5, 5.41) is 3.73. The van der Waals surface area contributed by atoms with Crippen LogP contribution in [0.2, 0.25) is 0 Å². The van der Waals surface area contributed by atoms with Crippen molar-refractivity contribution in [2.45, 2.75) is 33.2 Å². The van der Waals surface area contributed by atoms with Crippen LogP contribution in [0.1, 0.15) is 34.4 Å². The number of amides is 1. The molecule has 104 valence electrons. The van der Waals surface area contributed by atoms with Gasteiger partial charge in [0.05, 0.1) is 5.69 Å². The Balaban J connectivity index is 2.41. The predicted octanol–water partition coefficient (Wildman–Crippen LogP) is 2.64. The molecule has 0 aromatic carbocycles. The maximum absolute atomic E-state index is 12.2. The topological polar surface area (TPSA) is 68.0 Å². The molecule has 3 N–H and O–H groups in total. The average Bonchev–Trinajstić information content (AvgIpc) is 2.66. The summed E-state index contributed by atoms with van der Waals surface area (Å²) in [6.45, 7) is 5.70. The van der Waals surface area contributed by atoms with Gasteiger partial charge in [0.25, 0.3) is 5.91 Å². The second-order valence-electron chi connectivity index (χ2n) is 4.85. The monoisotopic (exact) mass is 287 g/mol. The Bertz CT molecular complexity index is 712. The van der Waals surface area contributed by atoms with E-state index in [1.807, 2.05) is 26.8 Å². The number of fused-ring (bicyclic) bond motifs is 1. The molecule has 2 aromatic heterocycles. The van der Waals surface area contributed by atoms with Crippen LogP contribution in [0.4, 0.5) is 5.69 Å². The third kappa shape index (κ3) is 2.61. The zero-order chi connectivity index (χ0) is 14.9. The first-order chi connectivity index (χ1) is 9.43. The maximum Gasteiger partial charge on any atom is 0.263 e. The van der Waals surface area contributed by atoms with Crippen molar-refractivity contribution in [3.05, 3.63) is 22.3 Å². The lowest BCUT2D eigenvalue weighted by molar-refractivity contribution is 0.0946. The van der Waals surface area contributed by atoms with E-state index in [9.17, 15) is 4.79 Å². The first kappa shape index (κ1) is 14.4. The summed E-state index contributed by atoms with van der Waals surface area (Å²) >= 11 is 1.39. The Morgan fingerprint density at radius 3 is 2.95 bits per heavy atom. The van der Waals surface area contributed by atoms with Gasteiger partial charge >= 0.3 is 0 Å². The van der Waals surface area contributed by atoms with Gasteiger partial charge in [0, 0.05) is 33.9 Å². The van der Waals surface area contributed by atoms with E-state index < -0.39 is 0 Å². The van der Waals surface area contributed by atoms with Crippen molar-refractivity contribution in [2.24, 2.45) is 0 Å². The van der Waals surface area contributed by atoms with Gasteiger partial charge in [-0.25, -0.2) is 0 Å². The van der Waals surface area contributed by atoms with Gasteiger partial charge < -0.3 is 11.1 Å². The predicted molar refractivity (Wildman–Crippen MR) is 83.9 cm³/mol. The third-order valence-electron chi connectivity index (χ3n) is 3.03. The number of hydrogen-bond acceptors (Lipinski definition) is 4. The molecule has 0 saturated carbocycles. The minimum Gasteiger partial charge on any atom is -0.397 e. The van der Waals surface area contributed by atoms with Crippen molar-refractivity contribution < 1.29 is 4.79 Å². The molecule has 0 aliphatic heterocycles. The fraction of sp³-hybridized carbons (Fsp3) is 0.333. The van der Waals surface area contributed by atoms with E-state index in [-0.39, 0.29) is 11.9 Å². The first-order valence-corrected chi connectivity index (χ1v) is 7.16. The average molecular weight is 287 g/mol. The van der Waals surface area contributed by atoms with Crippen LogP contribution in [-0.2, 0) is 0 Å². The second kappa shape index (κ2) is 5.51. The van der Waals surface area contributed by atoms with Crippen LogP contribution >= 0.6 is 11.3 Å². The van der Waals surface area contributed by atoms with Crippen molar-refractivity contribution in [3.8, 4) is 12.3 Å². The van der Waals surface area contributed by atoms with Gasteiger partial charge in [0.2, 0.25) is 0 Å². The number of nitrogens with one attached hydrogen (secondary N) is 1. The summed E-state index contributed by atoms with van der Waals surface area (Å²) in [4.78, 5) is 17.2. The van der Waals surface area contributed by atoms with Crippen molar-refractivity contribution in [1.82, 2.24) is 10.3 Å². The molecule has 1 amide bonds. The molecule has 1 unspecified atom stereocenters. The summed E-state index contributed by atoms with van der Waals surface area (Å²) in [6.07, 6.45) is 5.74. The van der Waals surface area contributed by atoms with E-state index in [4.69, 9.17) is 12.2 Å². The van der Waals surface area contributed by atoms with Gasteiger partial charge in [0.1, 0.15) is 4.88 Å². The third-order valence-corrected chi connectivity index (χ3v) is 4.18. The van der Waals surface area contributed by atoms with E-state index in [0.29, 0.717) is 17.0 Å². The lowest BCUT2D eigenvalue weighted by Crippen LogP contribution is -2.32. The quantitative estimate of drug-likeness (QED) is 0.853. The van der Waals surface area contributed by atoms with E-state index in [1.165, 1.54) is 11.3 Å². The number of pyridine rings is 1. The standard InChI is InChI=1S/C15H17N3OS/c1-5-6-8(2)18-15(19)14-13(16)12-10(4)17-9(3)7-11(12)20-14/h1,7-8H,6,16H2,2-4H3,(H,18,19). The molecular formula is C15H17N3OS. The van der Waals surface area contributed by atoms with Crippen molar-refractivity contribution in [3.63, 3.8) is 0 Å². The van der Waals surface area contributed by atoms with Gasteiger partial charge in [-0.15, -0.1) is 23.7 Å². The number of nitrogens with zero attached hydrogens (tertiary/aromatic N) is 1. The minimum atomic E-state index is -0.177. The number of aryl methyl sites for hydroxylation is 2. The number of rotatable bonds is 3. The maximum atomic E-state index is 12.2. The molecule has 0 radical (unpaired) electrons. The number of carbonyl (C=O) groups is 1. The highest BCUT2D eigenvalue weighted by Gasteiger charge is 2.19. The lowest BCUT2D eigenvalue weighted by Gasteiger charge is -2.10. The summed E-state index contributed by atoms with van der Waals surface area (Å²) < 4.78 is 0.988. The van der Waals surface area contributed by atoms with E-state index >= 15 is 0 Å². The van der Waals surface area contributed by atoms with Gasteiger partial charge in [-0.1, -0.05) is 0 Å². The number of terminal acetylenes is 1. The van der Waals surface area contributed by atoms with Crippen LogP contribution in [0.15, 0.2) is 6.07 Å². The number of nitrogen functional groups attached to an aromatic ring is 1. The molecule has 0 aliphatic rings. The van der Waals surface area contributed by atoms with Crippen LogP contribution in [0, 0.1) is 26.2 Å². The molecule has 0 saturated heterocycles. The van der Waals surface area contributed by atoms with Crippen molar-refractivity contribution in [2.75, 3.05) is 5.73 Å². The smallest absolute Gasteiger partial charge is 0.263 e. The Hall–Kier alpha value is -2.06. The van der Waals surface area contributed by atoms with Gasteiger partial charge in [-0.05, 0) is 26.8 Å². The molecule has 0 fully saturated rings. The summed E-state index contributed by atoms with van der Waals surface area (Å²) in [7, 11) is 0. The Morgan fingerprint density at radius 1 is 1.60 bits per heavy atom. The normalized spacial score (nSPS) is 12.1. The van der Waals surface area contributed by atoms with Gasteiger partial charge in [0.15, 0.2) is 0 Å². The molecule has 20 heavy (non-hydrogen) atoms. The van der Waals surface area contributed by atoms with E-state index in [1.54, 1.807) is 0 Å². The number of anilines is 1. The number of hydrogen-bond donors (Lipinski definition) is 2. The molecule has 0 aliphatic carbocycles. The zero-order valence-corrected chi connectivity index (χ0v) is 12.6. The van der Waals surface area contributed by atoms with Gasteiger partial charge in [-0.2, -0.15) is 0 Å². The van der Waals surface area contributed by atoms with Crippen LogP contribution in [0.3, 0.4) is 0 Å². The van der Waals surface area contributed by atoms with E-state index in [2.05, 4.69) is 16.2 Å². The number of aromatic nitrogens is 1. The molecule has 1 atom stereocenters. The van der Waals surface area contributed by atoms with Crippen LogP contribution < -0.4 is 11.1 Å². The molecule has 5 heteroatoms. The molecule has 4 nitrogen and oxygen atoms in total. The fourth-order valence-electron chi connectivity index (χ4n) is 2.17. The van der Waals surface area contributed by atoms with Crippen LogP contribution in [0.25, 0.3) is 10.1 Å². The highest BCUT2D eigenvalue weighted by molar-refractivity contribution is 7.21. The Morgan fingerprint density at radius 2 is 2.30 bits per heavy atom. The molecule has 0 spiro atoms. The number of carbonyl (C=O) groups excluding carboxylic acids is 1. The van der Waals surface area contributed by atoms with Gasteiger partial charge in [-0.3, -0.25) is 9.78 Å². The number of thiophene rings is 1. The minimum absolute atomic E-state index is 0.0712. The SMILES string of the molecule is C#CCC(C)NC(=O)c1sc2cc(C)nc(C)c2c1N. The molecule has 2 rings (SSSR count). The Kier molecular flexibility index (Phi) is 3.96. The highest BCUT2D eigenvalue weighted by atomic mass is 32.1. The zero-order valence-electron chi connectivity index (χ0n) is 11.8. The number of nitrogens with two attached hydrogens (primary N) is 1. The molecule has 2 heterocycles. The highest BCUT2D eigenvalue weighted by Crippen LogP contribution is 2.35. The lowest BCUT2D eigenvalue weighted by atomic mass is 10.2. The molecular weight excluding hydrogens is 270 g/mol. The summed E-state index contributed by atoms with van der Waals surface area (Å²) in [5.41, 5.74) is 8.38. The Labute approximate surface area is 122 Å². The van der Waals surface area contributed by atoms with E-state index in [0.717, 1.165) is 21.5 Å². The molecule has 0 bridgehead atoms. The van der Waals surface area contributed by atoms with Crippen molar-refractivity contribution in [1.29, 1.82) is 0 Å². The van der Waals surface area contributed by atoms with Crippen LogP contribution in [0.5, 0.6) is 0 Å². The summed E-state index contributed by atoms with van der Waals surface area (Å²) in [6, 6.07) is 1.88. The van der Waals surface area contributed by atoms with Crippen LogP contribution in [-0.4, -0.2) is 16.9 Å². The fourth-order valence-corrected chi connectivity index (χ4v) is 3.34. The largest absolute Gasteiger partial charge is 0.397 e. The van der Waals surface area contributed by atoms with Crippen molar-refractivity contribution >= 4 is 33.0 Å².